The van der Waals surface area contributed by atoms with Gasteiger partial charge in [-0.25, -0.2) is 4.98 Å². The topological polar surface area (TPSA) is 65.1 Å². The lowest BCUT2D eigenvalue weighted by Gasteiger charge is -2.35. The number of nitrogens with zero attached hydrogens (tertiary/aromatic N) is 4. The highest BCUT2D eigenvalue weighted by atomic mass is 16.2. The fourth-order valence-corrected chi connectivity index (χ4v) is 2.47. The van der Waals surface area contributed by atoms with Crippen LogP contribution in [0.2, 0.25) is 0 Å². The predicted molar refractivity (Wildman–Crippen MR) is 77.7 cm³/mol. The first kappa shape index (κ1) is 15.0. The lowest BCUT2D eigenvalue weighted by molar-refractivity contribution is 0.0632. The van der Waals surface area contributed by atoms with Crippen molar-refractivity contribution in [1.82, 2.24) is 25.0 Å². The first-order valence-electron chi connectivity index (χ1n) is 7.17. The molecule has 0 aromatic carbocycles. The zero-order valence-corrected chi connectivity index (χ0v) is 13.1. The maximum Gasteiger partial charge on any atom is 0.293 e. The Morgan fingerprint density at radius 3 is 2.70 bits per heavy atom. The maximum absolute atomic E-state index is 12.5. The van der Waals surface area contributed by atoms with E-state index < -0.39 is 0 Å². The van der Waals surface area contributed by atoms with Gasteiger partial charge < -0.3 is 9.80 Å². The number of aromatic nitrogens is 3. The summed E-state index contributed by atoms with van der Waals surface area (Å²) in [6, 6.07) is 0.248. The molecule has 1 aromatic heterocycles. The second-order valence-corrected chi connectivity index (χ2v) is 6.73. The second-order valence-electron chi connectivity index (χ2n) is 6.73. The second kappa shape index (κ2) is 5.52. The summed E-state index contributed by atoms with van der Waals surface area (Å²) in [7, 11) is 3.94. The van der Waals surface area contributed by atoms with Crippen molar-refractivity contribution in [1.29, 1.82) is 0 Å². The van der Waals surface area contributed by atoms with Gasteiger partial charge in [0.25, 0.3) is 5.91 Å². The largest absolute Gasteiger partial charge is 0.335 e. The summed E-state index contributed by atoms with van der Waals surface area (Å²) in [6.45, 7) is 8.15. The van der Waals surface area contributed by atoms with E-state index >= 15 is 0 Å². The van der Waals surface area contributed by atoms with Crippen molar-refractivity contribution in [2.45, 2.75) is 45.1 Å². The number of H-pyrrole nitrogens is 1. The van der Waals surface area contributed by atoms with Crippen molar-refractivity contribution in [2.75, 3.05) is 27.2 Å². The van der Waals surface area contributed by atoms with Crippen molar-refractivity contribution in [3.63, 3.8) is 0 Å². The number of hydrogen-bond donors (Lipinski definition) is 1. The summed E-state index contributed by atoms with van der Waals surface area (Å²) in [6.07, 6.45) is 2.17. The van der Waals surface area contributed by atoms with E-state index in [1.807, 2.05) is 27.8 Å². The maximum atomic E-state index is 12.5. The van der Waals surface area contributed by atoms with Gasteiger partial charge in [0.05, 0.1) is 0 Å². The van der Waals surface area contributed by atoms with Crippen LogP contribution in [0.25, 0.3) is 0 Å². The lowest BCUT2D eigenvalue weighted by atomic mass is 9.96. The van der Waals surface area contributed by atoms with Gasteiger partial charge in [0.1, 0.15) is 5.82 Å². The van der Waals surface area contributed by atoms with Gasteiger partial charge in [-0.2, -0.15) is 0 Å². The molecule has 1 amide bonds. The number of carbonyl (C=O) groups is 1. The molecule has 6 nitrogen and oxygen atoms in total. The van der Waals surface area contributed by atoms with Crippen molar-refractivity contribution in [3.8, 4) is 0 Å². The van der Waals surface area contributed by atoms with Crippen LogP contribution >= 0.6 is 0 Å². The van der Waals surface area contributed by atoms with Crippen LogP contribution < -0.4 is 0 Å². The van der Waals surface area contributed by atoms with Crippen LogP contribution in [0.1, 0.15) is 50.1 Å². The quantitative estimate of drug-likeness (QED) is 0.885. The number of likely N-dealkylation sites (tertiary alicyclic amines) is 1. The Morgan fingerprint density at radius 1 is 1.45 bits per heavy atom. The molecule has 0 spiro atoms. The van der Waals surface area contributed by atoms with Gasteiger partial charge in [0.15, 0.2) is 0 Å². The highest BCUT2D eigenvalue weighted by Crippen LogP contribution is 2.19. The molecule has 6 heteroatoms. The Hall–Kier alpha value is -1.43. The minimum atomic E-state index is -0.130. The first-order valence-corrected chi connectivity index (χ1v) is 7.17. The molecule has 1 fully saturated rings. The minimum Gasteiger partial charge on any atom is -0.335 e. The van der Waals surface area contributed by atoms with E-state index in [0.29, 0.717) is 0 Å². The molecule has 1 unspecified atom stereocenters. The monoisotopic (exact) mass is 279 g/mol. The Morgan fingerprint density at radius 2 is 2.15 bits per heavy atom. The van der Waals surface area contributed by atoms with Crippen molar-refractivity contribution in [2.24, 2.45) is 0 Å². The predicted octanol–water partition coefficient (Wildman–Crippen LogP) is 1.27. The molecule has 2 rings (SSSR count). The summed E-state index contributed by atoms with van der Waals surface area (Å²) in [5, 5.41) is 6.95. The fourth-order valence-electron chi connectivity index (χ4n) is 2.47. The summed E-state index contributed by atoms with van der Waals surface area (Å²) >= 11 is 0. The number of amides is 1. The standard InChI is InChI=1S/C14H25N5O/c1-14(2,3)13-15-11(16-17-13)12(20)19(5)10-7-6-8-18(4)9-10/h10H,6-9H2,1-5H3,(H,15,16,17). The Bertz CT molecular complexity index is 476. The number of nitrogens with one attached hydrogen (secondary N) is 1. The summed E-state index contributed by atoms with van der Waals surface area (Å²) in [5.41, 5.74) is -0.130. The van der Waals surface area contributed by atoms with Gasteiger partial charge in [0.2, 0.25) is 5.82 Å². The van der Waals surface area contributed by atoms with Crippen molar-refractivity contribution in [3.05, 3.63) is 11.6 Å². The third kappa shape index (κ3) is 3.17. The number of aromatic amines is 1. The average molecular weight is 279 g/mol. The van der Waals surface area contributed by atoms with E-state index in [1.54, 1.807) is 4.90 Å². The smallest absolute Gasteiger partial charge is 0.293 e. The molecule has 1 N–H and O–H groups in total. The number of hydrogen-bond acceptors (Lipinski definition) is 4. The molecule has 1 aromatic rings. The highest BCUT2D eigenvalue weighted by molar-refractivity contribution is 5.90. The first-order chi connectivity index (χ1) is 9.29. The molecule has 0 radical (unpaired) electrons. The van der Waals surface area contributed by atoms with Crippen molar-refractivity contribution < 1.29 is 4.79 Å². The fraction of sp³-hybridized carbons (Fsp3) is 0.786. The SMILES string of the molecule is CN1CCCC(N(C)C(=O)c2n[nH]c(C(C)(C)C)n2)C1. The summed E-state index contributed by atoms with van der Waals surface area (Å²) < 4.78 is 0. The van der Waals surface area contributed by atoms with Crippen LogP contribution in [0.5, 0.6) is 0 Å². The summed E-state index contributed by atoms with van der Waals surface area (Å²) in [4.78, 5) is 20.8. The minimum absolute atomic E-state index is 0.1000. The van der Waals surface area contributed by atoms with Crippen LogP contribution in [0.15, 0.2) is 0 Å². The van der Waals surface area contributed by atoms with Gasteiger partial charge in [-0.1, -0.05) is 20.8 Å². The molecule has 0 bridgehead atoms. The normalized spacial score (nSPS) is 20.9. The van der Waals surface area contributed by atoms with Crippen LogP contribution in [-0.2, 0) is 5.41 Å². The van der Waals surface area contributed by atoms with Crippen LogP contribution in [0.4, 0.5) is 0 Å². The molecule has 1 atom stereocenters. The molecular formula is C14H25N5O. The Labute approximate surface area is 120 Å². The van der Waals surface area contributed by atoms with E-state index in [9.17, 15) is 4.79 Å². The molecule has 0 saturated carbocycles. The van der Waals surface area contributed by atoms with Crippen LogP contribution in [0, 0.1) is 0 Å². The Balaban J connectivity index is 2.08. The number of rotatable bonds is 2. The molecule has 1 aliphatic heterocycles. The molecule has 1 saturated heterocycles. The molecular weight excluding hydrogens is 254 g/mol. The van der Waals surface area contributed by atoms with Gasteiger partial charge in [-0.05, 0) is 26.4 Å². The van der Waals surface area contributed by atoms with Gasteiger partial charge in [-0.3, -0.25) is 9.89 Å². The van der Waals surface area contributed by atoms with E-state index in [4.69, 9.17) is 0 Å². The molecule has 0 aliphatic carbocycles. The number of carbonyl (C=O) groups excluding carboxylic acids is 1. The lowest BCUT2D eigenvalue weighted by Crippen LogP contribution is -2.47. The third-order valence-corrected chi connectivity index (χ3v) is 3.85. The highest BCUT2D eigenvalue weighted by Gasteiger charge is 2.28. The molecule has 112 valence electrons. The van der Waals surface area contributed by atoms with E-state index in [0.717, 1.165) is 31.8 Å². The van der Waals surface area contributed by atoms with Gasteiger partial charge >= 0.3 is 0 Å². The van der Waals surface area contributed by atoms with Gasteiger partial charge in [0, 0.05) is 25.0 Å². The van der Waals surface area contributed by atoms with Crippen LogP contribution in [-0.4, -0.2) is 64.1 Å². The van der Waals surface area contributed by atoms with Gasteiger partial charge in [-0.15, -0.1) is 5.10 Å². The zero-order chi connectivity index (χ0) is 14.9. The van der Waals surface area contributed by atoms with E-state index in [1.165, 1.54) is 0 Å². The van der Waals surface area contributed by atoms with Crippen LogP contribution in [0.3, 0.4) is 0 Å². The molecule has 2 heterocycles. The summed E-state index contributed by atoms with van der Waals surface area (Å²) in [5.74, 6) is 0.915. The number of likely N-dealkylation sites (N-methyl/N-ethyl adjacent to an activating group) is 2. The van der Waals surface area contributed by atoms with Crippen molar-refractivity contribution >= 4 is 5.91 Å². The zero-order valence-electron chi connectivity index (χ0n) is 13.1. The van der Waals surface area contributed by atoms with E-state index in [-0.39, 0.29) is 23.2 Å². The third-order valence-electron chi connectivity index (χ3n) is 3.85. The Kier molecular flexibility index (Phi) is 4.13. The number of piperidine rings is 1. The molecule has 1 aliphatic rings. The van der Waals surface area contributed by atoms with E-state index in [2.05, 4.69) is 27.1 Å². The average Bonchev–Trinajstić information content (AvgIpc) is 2.86. The molecule has 20 heavy (non-hydrogen) atoms.